The van der Waals surface area contributed by atoms with Gasteiger partial charge in [0.15, 0.2) is 0 Å². The zero-order valence-electron chi connectivity index (χ0n) is 16.4. The highest BCUT2D eigenvalue weighted by molar-refractivity contribution is 7.89. The zero-order valence-corrected chi connectivity index (χ0v) is 17.2. The number of dihydropyridines is 1. The fraction of sp³-hybridized carbons (Fsp3) is 0.400. The third kappa shape index (κ3) is 3.79. The molecule has 1 aliphatic carbocycles. The molecule has 2 aromatic rings. The highest BCUT2D eigenvalue weighted by Gasteiger charge is 2.41. The summed E-state index contributed by atoms with van der Waals surface area (Å²) in [6, 6.07) is 4.34. The van der Waals surface area contributed by atoms with Crippen LogP contribution >= 0.6 is 0 Å². The molecule has 1 saturated carbocycles. The van der Waals surface area contributed by atoms with Gasteiger partial charge in [0.2, 0.25) is 10.0 Å². The zero-order chi connectivity index (χ0) is 20.8. The van der Waals surface area contributed by atoms with Crippen molar-refractivity contribution in [2.45, 2.75) is 49.2 Å². The molecular formula is C20H24N4O4S. The Balaban J connectivity index is 1.73. The van der Waals surface area contributed by atoms with Crippen LogP contribution in [-0.4, -0.2) is 29.1 Å². The van der Waals surface area contributed by atoms with Crippen LogP contribution in [0.15, 0.2) is 57.1 Å². The first-order valence-electron chi connectivity index (χ1n) is 9.57. The molecule has 1 fully saturated rings. The normalized spacial score (nSPS) is 20.0. The van der Waals surface area contributed by atoms with Crippen LogP contribution in [0.4, 0.5) is 0 Å². The molecule has 29 heavy (non-hydrogen) atoms. The predicted molar refractivity (Wildman–Crippen MR) is 111 cm³/mol. The first-order valence-corrected chi connectivity index (χ1v) is 11.1. The van der Waals surface area contributed by atoms with Crippen LogP contribution in [0.5, 0.6) is 0 Å². The van der Waals surface area contributed by atoms with E-state index in [1.54, 1.807) is 7.05 Å². The van der Waals surface area contributed by atoms with Gasteiger partial charge in [-0.3, -0.25) is 13.9 Å². The van der Waals surface area contributed by atoms with Gasteiger partial charge in [0, 0.05) is 25.2 Å². The maximum Gasteiger partial charge on any atom is 0.331 e. The van der Waals surface area contributed by atoms with Crippen molar-refractivity contribution >= 4 is 20.9 Å². The maximum absolute atomic E-state index is 13.0. The number of hydrogen-bond donors (Lipinski definition) is 2. The average Bonchev–Trinajstić information content (AvgIpc) is 3.42. The lowest BCUT2D eigenvalue weighted by molar-refractivity contribution is 0.520. The Bertz CT molecular complexity index is 1250. The Hall–Kier alpha value is -2.65. The van der Waals surface area contributed by atoms with E-state index in [1.807, 2.05) is 31.4 Å². The van der Waals surface area contributed by atoms with Gasteiger partial charge >= 0.3 is 5.69 Å². The van der Waals surface area contributed by atoms with Crippen LogP contribution < -0.4 is 21.3 Å². The van der Waals surface area contributed by atoms with Crippen molar-refractivity contribution in [2.75, 3.05) is 0 Å². The van der Waals surface area contributed by atoms with Crippen molar-refractivity contribution < 1.29 is 8.42 Å². The molecule has 0 radical (unpaired) electrons. The number of nitrogens with zero attached hydrogens (tertiary/aromatic N) is 2. The summed E-state index contributed by atoms with van der Waals surface area (Å²) in [5.41, 5.74) is -0.899. The topological polar surface area (TPSA) is 102 Å². The number of aromatic nitrogens is 2. The molecule has 2 heterocycles. The lowest BCUT2D eigenvalue weighted by Crippen LogP contribution is -2.40. The minimum atomic E-state index is -3.74. The van der Waals surface area contributed by atoms with Crippen LogP contribution in [0, 0.1) is 0 Å². The smallest absolute Gasteiger partial charge is 0.331 e. The lowest BCUT2D eigenvalue weighted by Gasteiger charge is -2.17. The second-order valence-electron chi connectivity index (χ2n) is 7.95. The Kier molecular flexibility index (Phi) is 4.74. The fourth-order valence-corrected chi connectivity index (χ4v) is 4.96. The number of sulfonamides is 1. The van der Waals surface area contributed by atoms with E-state index in [2.05, 4.69) is 10.0 Å². The largest absolute Gasteiger partial charge is 0.385 e. The van der Waals surface area contributed by atoms with Gasteiger partial charge in [0.25, 0.3) is 5.56 Å². The van der Waals surface area contributed by atoms with Crippen molar-refractivity contribution in [3.05, 3.63) is 63.5 Å². The van der Waals surface area contributed by atoms with Gasteiger partial charge < -0.3 is 5.32 Å². The van der Waals surface area contributed by atoms with Crippen LogP contribution in [0.1, 0.15) is 26.2 Å². The third-order valence-electron chi connectivity index (χ3n) is 5.54. The number of hydrogen-bond acceptors (Lipinski definition) is 5. The summed E-state index contributed by atoms with van der Waals surface area (Å²) in [5.74, 6) is 0. The Morgan fingerprint density at radius 2 is 2.00 bits per heavy atom. The molecule has 1 aliphatic heterocycles. The monoisotopic (exact) mass is 416 g/mol. The van der Waals surface area contributed by atoms with Crippen LogP contribution in [-0.2, 0) is 23.6 Å². The van der Waals surface area contributed by atoms with Gasteiger partial charge in [-0.1, -0.05) is 12.2 Å². The summed E-state index contributed by atoms with van der Waals surface area (Å²) < 4.78 is 30.6. The van der Waals surface area contributed by atoms with E-state index >= 15 is 0 Å². The van der Waals surface area contributed by atoms with Gasteiger partial charge in [0.05, 0.1) is 15.8 Å². The SMILES string of the molecule is Cn1c(=O)n(CCC2C=CC=CN2)c(=O)c2cc(S(=O)(=O)NC3(C)CC3)ccc21. The van der Waals surface area contributed by atoms with E-state index in [-0.39, 0.29) is 22.9 Å². The fourth-order valence-electron chi connectivity index (χ4n) is 3.47. The van der Waals surface area contributed by atoms with E-state index in [1.165, 1.54) is 27.3 Å². The first kappa shape index (κ1) is 19.7. The molecule has 8 nitrogen and oxygen atoms in total. The number of aryl methyl sites for hydroxylation is 1. The molecule has 2 aliphatic rings. The van der Waals surface area contributed by atoms with E-state index in [0.29, 0.717) is 11.9 Å². The molecule has 2 N–H and O–H groups in total. The summed E-state index contributed by atoms with van der Waals surface area (Å²) in [5, 5.41) is 3.37. The van der Waals surface area contributed by atoms with Crippen molar-refractivity contribution in [1.29, 1.82) is 0 Å². The predicted octanol–water partition coefficient (Wildman–Crippen LogP) is 0.963. The van der Waals surface area contributed by atoms with Crippen LogP contribution in [0.25, 0.3) is 10.9 Å². The third-order valence-corrected chi connectivity index (χ3v) is 7.17. The van der Waals surface area contributed by atoms with Gasteiger partial charge in [0.1, 0.15) is 0 Å². The average molecular weight is 417 g/mol. The number of allylic oxidation sites excluding steroid dienone is 2. The summed E-state index contributed by atoms with van der Waals surface area (Å²) in [6.07, 6.45) is 9.70. The molecule has 0 amide bonds. The molecule has 4 rings (SSSR count). The molecular weight excluding hydrogens is 392 g/mol. The van der Waals surface area contributed by atoms with Crippen LogP contribution in [0.2, 0.25) is 0 Å². The van der Waals surface area contributed by atoms with Gasteiger partial charge in [-0.2, -0.15) is 0 Å². The summed E-state index contributed by atoms with van der Waals surface area (Å²) in [7, 11) is -2.16. The highest BCUT2D eigenvalue weighted by atomic mass is 32.2. The second kappa shape index (κ2) is 7.00. The lowest BCUT2D eigenvalue weighted by atomic mass is 10.1. The van der Waals surface area contributed by atoms with Crippen molar-refractivity contribution in [1.82, 2.24) is 19.2 Å². The minimum Gasteiger partial charge on any atom is -0.385 e. The molecule has 1 aromatic heterocycles. The van der Waals surface area contributed by atoms with E-state index < -0.39 is 26.8 Å². The maximum atomic E-state index is 13.0. The molecule has 1 unspecified atom stereocenters. The number of nitrogens with one attached hydrogen (secondary N) is 2. The summed E-state index contributed by atoms with van der Waals surface area (Å²) in [6.45, 7) is 2.08. The summed E-state index contributed by atoms with van der Waals surface area (Å²) in [4.78, 5) is 25.8. The summed E-state index contributed by atoms with van der Waals surface area (Å²) >= 11 is 0. The van der Waals surface area contributed by atoms with Crippen molar-refractivity contribution in [3.8, 4) is 0 Å². The highest BCUT2D eigenvalue weighted by Crippen LogP contribution is 2.36. The van der Waals surface area contributed by atoms with Crippen molar-refractivity contribution in [2.24, 2.45) is 7.05 Å². The Morgan fingerprint density at radius 1 is 1.24 bits per heavy atom. The number of benzene rings is 1. The van der Waals surface area contributed by atoms with Gasteiger partial charge in [-0.25, -0.2) is 17.9 Å². The van der Waals surface area contributed by atoms with Gasteiger partial charge in [-0.15, -0.1) is 0 Å². The molecule has 9 heteroatoms. The molecule has 0 spiro atoms. The number of fused-ring (bicyclic) bond motifs is 1. The van der Waals surface area contributed by atoms with E-state index in [0.717, 1.165) is 12.8 Å². The van der Waals surface area contributed by atoms with Crippen molar-refractivity contribution in [3.63, 3.8) is 0 Å². The molecule has 1 atom stereocenters. The quantitative estimate of drug-likeness (QED) is 0.730. The Morgan fingerprint density at radius 3 is 2.66 bits per heavy atom. The molecule has 0 bridgehead atoms. The molecule has 0 saturated heterocycles. The van der Waals surface area contributed by atoms with E-state index in [4.69, 9.17) is 0 Å². The number of rotatable bonds is 6. The molecule has 1 aromatic carbocycles. The minimum absolute atomic E-state index is 0.0300. The standard InChI is InChI=1S/C20H24N4O4S/c1-20(9-10-20)22-29(27,28)15-6-7-17-16(13-15)18(25)24(19(26)23(17)2)12-8-14-5-3-4-11-21-14/h3-7,11,13-14,21-22H,8-10,12H2,1-2H3. The Labute approximate surface area is 168 Å². The first-order chi connectivity index (χ1) is 13.7. The van der Waals surface area contributed by atoms with Crippen LogP contribution in [0.3, 0.4) is 0 Å². The van der Waals surface area contributed by atoms with Gasteiger partial charge in [-0.05, 0) is 56.7 Å². The van der Waals surface area contributed by atoms with E-state index in [9.17, 15) is 18.0 Å². The second-order valence-corrected chi connectivity index (χ2v) is 9.63. The molecule has 154 valence electrons.